The lowest BCUT2D eigenvalue weighted by Gasteiger charge is -2.21. The van der Waals surface area contributed by atoms with Crippen LogP contribution in [0.4, 0.5) is 0 Å². The highest BCUT2D eigenvalue weighted by atomic mass is 16.5. The van der Waals surface area contributed by atoms with Crippen molar-refractivity contribution in [3.63, 3.8) is 0 Å². The van der Waals surface area contributed by atoms with Gasteiger partial charge in [0.15, 0.2) is 5.96 Å². The number of methoxy groups -OCH3 is 1. The Morgan fingerprint density at radius 1 is 1.32 bits per heavy atom. The summed E-state index contributed by atoms with van der Waals surface area (Å²) in [5.41, 5.74) is 0. The molecule has 0 aliphatic heterocycles. The van der Waals surface area contributed by atoms with Crippen LogP contribution in [0, 0.1) is 0 Å². The standard InChI is InChI=1S/C17H27N3O2/c1-5-6-7-13-20(3)17(18-2)19-12-14-22-16-10-8-15(21-4)9-11-16/h5,8-11H,1,6-7,12-14H2,2-4H3,(H,18,19). The maximum absolute atomic E-state index is 5.67. The number of rotatable bonds is 9. The zero-order valence-electron chi connectivity index (χ0n) is 13.8. The number of hydrogen-bond acceptors (Lipinski definition) is 3. The SMILES string of the molecule is C=CCCCN(C)C(=NC)NCCOc1ccc(OC)cc1. The van der Waals surface area contributed by atoms with Crippen molar-refractivity contribution in [3.05, 3.63) is 36.9 Å². The van der Waals surface area contributed by atoms with E-state index in [1.165, 1.54) is 0 Å². The van der Waals surface area contributed by atoms with E-state index in [4.69, 9.17) is 9.47 Å². The molecule has 0 radical (unpaired) electrons. The topological polar surface area (TPSA) is 46.1 Å². The Bertz CT molecular complexity index is 457. The lowest BCUT2D eigenvalue weighted by molar-refractivity contribution is 0.318. The fourth-order valence-electron chi connectivity index (χ4n) is 1.97. The molecule has 0 atom stereocenters. The number of aliphatic imine (C=N–C) groups is 1. The number of guanidine groups is 1. The summed E-state index contributed by atoms with van der Waals surface area (Å²) in [6.45, 7) is 5.96. The molecular weight excluding hydrogens is 278 g/mol. The number of nitrogens with zero attached hydrogens (tertiary/aromatic N) is 2. The first-order valence-electron chi connectivity index (χ1n) is 7.50. The second-order valence-electron chi connectivity index (χ2n) is 4.85. The number of benzene rings is 1. The van der Waals surface area contributed by atoms with E-state index in [0.29, 0.717) is 13.2 Å². The molecule has 5 nitrogen and oxygen atoms in total. The van der Waals surface area contributed by atoms with Crippen LogP contribution in [0.15, 0.2) is 41.9 Å². The third-order valence-corrected chi connectivity index (χ3v) is 3.19. The lowest BCUT2D eigenvalue weighted by Crippen LogP contribution is -2.41. The van der Waals surface area contributed by atoms with Crippen molar-refractivity contribution in [1.29, 1.82) is 0 Å². The largest absolute Gasteiger partial charge is 0.497 e. The predicted octanol–water partition coefficient (Wildman–Crippen LogP) is 2.55. The highest BCUT2D eigenvalue weighted by molar-refractivity contribution is 5.79. The predicted molar refractivity (Wildman–Crippen MR) is 91.9 cm³/mol. The summed E-state index contributed by atoms with van der Waals surface area (Å²) in [6, 6.07) is 7.56. The molecule has 0 heterocycles. The average Bonchev–Trinajstić information content (AvgIpc) is 2.55. The van der Waals surface area contributed by atoms with Crippen LogP contribution in [-0.2, 0) is 0 Å². The number of unbranched alkanes of at least 4 members (excludes halogenated alkanes) is 1. The molecule has 1 rings (SSSR count). The highest BCUT2D eigenvalue weighted by Crippen LogP contribution is 2.16. The van der Waals surface area contributed by atoms with Gasteiger partial charge in [-0.2, -0.15) is 0 Å². The Morgan fingerprint density at radius 3 is 2.59 bits per heavy atom. The van der Waals surface area contributed by atoms with Crippen LogP contribution in [0.1, 0.15) is 12.8 Å². The zero-order chi connectivity index (χ0) is 16.2. The maximum atomic E-state index is 5.67. The van der Waals surface area contributed by atoms with Crippen molar-refractivity contribution in [1.82, 2.24) is 10.2 Å². The van der Waals surface area contributed by atoms with Gasteiger partial charge in [0.05, 0.1) is 13.7 Å². The van der Waals surface area contributed by atoms with Gasteiger partial charge in [-0.05, 0) is 37.1 Å². The molecule has 0 unspecified atom stereocenters. The first-order valence-corrected chi connectivity index (χ1v) is 7.50. The molecule has 122 valence electrons. The fourth-order valence-corrected chi connectivity index (χ4v) is 1.97. The van der Waals surface area contributed by atoms with Crippen molar-refractivity contribution in [2.45, 2.75) is 12.8 Å². The molecule has 0 amide bonds. The molecule has 1 N–H and O–H groups in total. The number of ether oxygens (including phenoxy) is 2. The number of hydrogen-bond donors (Lipinski definition) is 1. The van der Waals surface area contributed by atoms with Gasteiger partial charge < -0.3 is 19.7 Å². The number of nitrogens with one attached hydrogen (secondary N) is 1. The van der Waals surface area contributed by atoms with E-state index in [1.807, 2.05) is 37.4 Å². The highest BCUT2D eigenvalue weighted by Gasteiger charge is 2.04. The molecule has 0 aliphatic rings. The van der Waals surface area contributed by atoms with E-state index in [9.17, 15) is 0 Å². The molecule has 1 aromatic carbocycles. The molecule has 5 heteroatoms. The molecule has 0 spiro atoms. The monoisotopic (exact) mass is 305 g/mol. The molecule has 0 aliphatic carbocycles. The van der Waals surface area contributed by atoms with E-state index in [2.05, 4.69) is 21.8 Å². The van der Waals surface area contributed by atoms with Gasteiger partial charge in [-0.25, -0.2) is 0 Å². The van der Waals surface area contributed by atoms with E-state index in [1.54, 1.807) is 14.2 Å². The second kappa shape index (κ2) is 10.5. The van der Waals surface area contributed by atoms with Gasteiger partial charge in [0.1, 0.15) is 18.1 Å². The van der Waals surface area contributed by atoms with Crippen LogP contribution >= 0.6 is 0 Å². The van der Waals surface area contributed by atoms with Crippen LogP contribution in [0.3, 0.4) is 0 Å². The summed E-state index contributed by atoms with van der Waals surface area (Å²) >= 11 is 0. The lowest BCUT2D eigenvalue weighted by atomic mass is 10.3. The van der Waals surface area contributed by atoms with E-state index in [0.717, 1.165) is 36.8 Å². The summed E-state index contributed by atoms with van der Waals surface area (Å²) < 4.78 is 10.8. The molecule has 1 aromatic rings. The minimum Gasteiger partial charge on any atom is -0.497 e. The van der Waals surface area contributed by atoms with Gasteiger partial charge >= 0.3 is 0 Å². The van der Waals surface area contributed by atoms with Gasteiger partial charge in [-0.15, -0.1) is 6.58 Å². The minimum absolute atomic E-state index is 0.575. The Kier molecular flexibility index (Phi) is 8.57. The molecule has 0 saturated carbocycles. The zero-order valence-corrected chi connectivity index (χ0v) is 13.8. The first kappa shape index (κ1) is 17.9. The summed E-state index contributed by atoms with van der Waals surface area (Å²) in [7, 11) is 5.47. The third kappa shape index (κ3) is 6.52. The van der Waals surface area contributed by atoms with Crippen molar-refractivity contribution < 1.29 is 9.47 Å². The smallest absolute Gasteiger partial charge is 0.193 e. The molecule has 22 heavy (non-hydrogen) atoms. The van der Waals surface area contributed by atoms with Crippen molar-refractivity contribution >= 4 is 5.96 Å². The maximum Gasteiger partial charge on any atom is 0.193 e. The Labute approximate surface area is 133 Å². The van der Waals surface area contributed by atoms with Gasteiger partial charge in [0.25, 0.3) is 0 Å². The Balaban J connectivity index is 2.27. The van der Waals surface area contributed by atoms with Crippen molar-refractivity contribution in [2.75, 3.05) is 40.9 Å². The molecule has 0 saturated heterocycles. The molecule has 0 fully saturated rings. The summed E-state index contributed by atoms with van der Waals surface area (Å²) in [4.78, 5) is 6.38. The Hall–Kier alpha value is -2.17. The van der Waals surface area contributed by atoms with Crippen LogP contribution in [-0.4, -0.2) is 51.8 Å². The Morgan fingerprint density at radius 2 is 2.00 bits per heavy atom. The van der Waals surface area contributed by atoms with Gasteiger partial charge in [-0.1, -0.05) is 6.08 Å². The van der Waals surface area contributed by atoms with Crippen LogP contribution < -0.4 is 14.8 Å². The summed E-state index contributed by atoms with van der Waals surface area (Å²) in [5, 5.41) is 3.29. The van der Waals surface area contributed by atoms with Gasteiger partial charge in [0, 0.05) is 20.6 Å². The van der Waals surface area contributed by atoms with Crippen LogP contribution in [0.5, 0.6) is 11.5 Å². The average molecular weight is 305 g/mol. The van der Waals surface area contributed by atoms with E-state index in [-0.39, 0.29) is 0 Å². The van der Waals surface area contributed by atoms with Gasteiger partial charge in [0.2, 0.25) is 0 Å². The molecule has 0 bridgehead atoms. The second-order valence-corrected chi connectivity index (χ2v) is 4.85. The molecular formula is C17H27N3O2. The minimum atomic E-state index is 0.575. The normalized spacial score (nSPS) is 11.0. The summed E-state index contributed by atoms with van der Waals surface area (Å²) in [6.07, 6.45) is 4.03. The molecule has 0 aromatic heterocycles. The fraction of sp³-hybridized carbons (Fsp3) is 0.471. The van der Waals surface area contributed by atoms with Crippen LogP contribution in [0.25, 0.3) is 0 Å². The van der Waals surface area contributed by atoms with E-state index < -0.39 is 0 Å². The number of allylic oxidation sites excluding steroid dienone is 1. The third-order valence-electron chi connectivity index (χ3n) is 3.19. The van der Waals surface area contributed by atoms with Crippen molar-refractivity contribution in [2.24, 2.45) is 4.99 Å². The quantitative estimate of drug-likeness (QED) is 0.330. The first-order chi connectivity index (χ1) is 10.7. The van der Waals surface area contributed by atoms with E-state index >= 15 is 0 Å². The van der Waals surface area contributed by atoms with Gasteiger partial charge in [-0.3, -0.25) is 4.99 Å². The van der Waals surface area contributed by atoms with Crippen molar-refractivity contribution in [3.8, 4) is 11.5 Å². The summed E-state index contributed by atoms with van der Waals surface area (Å²) in [5.74, 6) is 2.53. The van der Waals surface area contributed by atoms with Crippen LogP contribution in [0.2, 0.25) is 0 Å².